The Hall–Kier alpha value is -1.56. The zero-order chi connectivity index (χ0) is 17.9. The van der Waals surface area contributed by atoms with Gasteiger partial charge in [0.05, 0.1) is 0 Å². The molecule has 3 atom stereocenters. The Balaban J connectivity index is 2.29. The summed E-state index contributed by atoms with van der Waals surface area (Å²) >= 11 is 1.51. The van der Waals surface area contributed by atoms with Crippen LogP contribution in [0.15, 0.2) is 24.3 Å². The van der Waals surface area contributed by atoms with E-state index in [0.29, 0.717) is 11.3 Å². The number of amides is 2. The van der Waals surface area contributed by atoms with Crippen molar-refractivity contribution < 1.29 is 14.0 Å². The minimum atomic E-state index is -0.521. The van der Waals surface area contributed by atoms with Crippen molar-refractivity contribution in [3.05, 3.63) is 35.6 Å². The summed E-state index contributed by atoms with van der Waals surface area (Å²) in [6, 6.07) is 5.79. The van der Waals surface area contributed by atoms with Crippen molar-refractivity contribution in [1.29, 1.82) is 0 Å². The molecule has 0 aromatic heterocycles. The van der Waals surface area contributed by atoms with Gasteiger partial charge in [0.15, 0.2) is 0 Å². The topological polar surface area (TPSA) is 49.4 Å². The summed E-state index contributed by atoms with van der Waals surface area (Å²) in [5.41, 5.74) is 0.716. The minimum Gasteiger partial charge on any atom is -0.352 e. The third-order valence-electron chi connectivity index (χ3n) is 4.19. The van der Waals surface area contributed by atoms with Gasteiger partial charge in [-0.2, -0.15) is 0 Å². The molecule has 132 valence electrons. The number of hydrogen-bond donors (Lipinski definition) is 1. The summed E-state index contributed by atoms with van der Waals surface area (Å²) in [6.07, 6.45) is 0.830. The molecule has 0 radical (unpaired) electrons. The Morgan fingerprint density at radius 3 is 2.67 bits per heavy atom. The van der Waals surface area contributed by atoms with E-state index >= 15 is 0 Å². The first kappa shape index (κ1) is 18.8. The van der Waals surface area contributed by atoms with Crippen LogP contribution in [-0.2, 0) is 9.59 Å². The second kappa shape index (κ2) is 8.01. The molecule has 1 saturated heterocycles. The van der Waals surface area contributed by atoms with E-state index in [1.165, 1.54) is 23.9 Å². The summed E-state index contributed by atoms with van der Waals surface area (Å²) < 4.78 is 13.6. The SMILES string of the molecule is CCC(C)NC(=O)C1CSC(c2cccc(F)c2)N1C(=O)C(C)C. The first-order valence-electron chi connectivity index (χ1n) is 8.34. The highest BCUT2D eigenvalue weighted by molar-refractivity contribution is 7.99. The number of nitrogens with zero attached hydrogens (tertiary/aromatic N) is 1. The number of carbonyl (C=O) groups is 2. The lowest BCUT2D eigenvalue weighted by Crippen LogP contribution is -2.50. The Morgan fingerprint density at radius 1 is 1.38 bits per heavy atom. The molecule has 0 bridgehead atoms. The smallest absolute Gasteiger partial charge is 0.243 e. The first-order valence-corrected chi connectivity index (χ1v) is 9.39. The summed E-state index contributed by atoms with van der Waals surface area (Å²) in [6.45, 7) is 7.58. The number of benzene rings is 1. The molecule has 1 aliphatic rings. The largest absolute Gasteiger partial charge is 0.352 e. The number of halogens is 1. The molecule has 4 nitrogen and oxygen atoms in total. The van der Waals surface area contributed by atoms with Gasteiger partial charge in [-0.05, 0) is 31.0 Å². The molecule has 1 fully saturated rings. The van der Waals surface area contributed by atoms with Crippen molar-refractivity contribution in [1.82, 2.24) is 10.2 Å². The van der Waals surface area contributed by atoms with Crippen molar-refractivity contribution in [2.45, 2.75) is 51.6 Å². The molecule has 2 rings (SSSR count). The summed E-state index contributed by atoms with van der Waals surface area (Å²) in [5, 5.41) is 2.63. The van der Waals surface area contributed by atoms with Crippen LogP contribution < -0.4 is 5.32 Å². The van der Waals surface area contributed by atoms with Crippen molar-refractivity contribution in [3.63, 3.8) is 0 Å². The van der Waals surface area contributed by atoms with Crippen LogP contribution in [0.4, 0.5) is 4.39 Å². The molecule has 2 amide bonds. The van der Waals surface area contributed by atoms with Gasteiger partial charge in [-0.15, -0.1) is 11.8 Å². The van der Waals surface area contributed by atoms with Crippen molar-refractivity contribution in [2.24, 2.45) is 5.92 Å². The third-order valence-corrected chi connectivity index (χ3v) is 5.51. The maximum Gasteiger partial charge on any atom is 0.243 e. The van der Waals surface area contributed by atoms with Gasteiger partial charge >= 0.3 is 0 Å². The van der Waals surface area contributed by atoms with Crippen LogP contribution in [0, 0.1) is 11.7 Å². The van der Waals surface area contributed by atoms with Gasteiger partial charge in [0, 0.05) is 17.7 Å². The monoisotopic (exact) mass is 352 g/mol. The maximum absolute atomic E-state index is 13.6. The Bertz CT molecular complexity index is 608. The standard InChI is InChI=1S/C18H25FN2O2S/c1-5-12(4)20-16(22)15-10-24-18(21(15)17(23)11(2)3)13-7-6-8-14(19)9-13/h6-9,11-12,15,18H,5,10H2,1-4H3,(H,20,22). The zero-order valence-electron chi connectivity index (χ0n) is 14.6. The van der Waals surface area contributed by atoms with Crippen molar-refractivity contribution >= 4 is 23.6 Å². The molecule has 1 N–H and O–H groups in total. The van der Waals surface area contributed by atoms with E-state index in [0.717, 1.165) is 6.42 Å². The lowest BCUT2D eigenvalue weighted by molar-refractivity contribution is -0.142. The number of nitrogens with one attached hydrogen (secondary N) is 1. The lowest BCUT2D eigenvalue weighted by Gasteiger charge is -2.31. The molecule has 6 heteroatoms. The molecule has 1 heterocycles. The van der Waals surface area contributed by atoms with Crippen molar-refractivity contribution in [2.75, 3.05) is 5.75 Å². The minimum absolute atomic E-state index is 0.0618. The molecular weight excluding hydrogens is 327 g/mol. The van der Waals surface area contributed by atoms with Gasteiger partial charge in [0.25, 0.3) is 0 Å². The average molecular weight is 352 g/mol. The van der Waals surface area contributed by atoms with E-state index in [1.807, 2.05) is 27.7 Å². The highest BCUT2D eigenvalue weighted by atomic mass is 32.2. The summed E-state index contributed by atoms with van der Waals surface area (Å²) in [5.74, 6) is -0.262. The molecule has 0 saturated carbocycles. The fourth-order valence-corrected chi connectivity index (χ4v) is 4.06. The molecule has 3 unspecified atom stereocenters. The van der Waals surface area contributed by atoms with E-state index in [1.54, 1.807) is 17.0 Å². The van der Waals surface area contributed by atoms with E-state index < -0.39 is 6.04 Å². The lowest BCUT2D eigenvalue weighted by atomic mass is 10.1. The van der Waals surface area contributed by atoms with Crippen LogP contribution in [0.25, 0.3) is 0 Å². The molecule has 1 aromatic carbocycles. The molecular formula is C18H25FN2O2S. The first-order chi connectivity index (χ1) is 11.3. The number of carbonyl (C=O) groups excluding carboxylic acids is 2. The number of thioether (sulfide) groups is 1. The van der Waals surface area contributed by atoms with E-state index in [4.69, 9.17) is 0 Å². The van der Waals surface area contributed by atoms with Crippen LogP contribution in [-0.4, -0.2) is 34.6 Å². The maximum atomic E-state index is 13.6. The Morgan fingerprint density at radius 2 is 2.08 bits per heavy atom. The highest BCUT2D eigenvalue weighted by Gasteiger charge is 2.43. The summed E-state index contributed by atoms with van der Waals surface area (Å²) in [4.78, 5) is 27.0. The summed E-state index contributed by atoms with van der Waals surface area (Å²) in [7, 11) is 0. The van der Waals surface area contributed by atoms with Gasteiger partial charge < -0.3 is 10.2 Å². The third kappa shape index (κ3) is 4.09. The molecule has 1 aromatic rings. The van der Waals surface area contributed by atoms with Gasteiger partial charge in [0.1, 0.15) is 17.2 Å². The Labute approximate surface area is 147 Å². The van der Waals surface area contributed by atoms with E-state index in [-0.39, 0.29) is 35.0 Å². The quantitative estimate of drug-likeness (QED) is 0.884. The highest BCUT2D eigenvalue weighted by Crippen LogP contribution is 2.42. The van der Waals surface area contributed by atoms with E-state index in [2.05, 4.69) is 5.32 Å². The van der Waals surface area contributed by atoms with E-state index in [9.17, 15) is 14.0 Å². The predicted octanol–water partition coefficient (Wildman–Crippen LogP) is 3.34. The number of hydrogen-bond acceptors (Lipinski definition) is 3. The second-order valence-corrected chi connectivity index (χ2v) is 7.59. The Kier molecular flexibility index (Phi) is 6.27. The molecule has 0 spiro atoms. The number of rotatable bonds is 5. The molecule has 24 heavy (non-hydrogen) atoms. The van der Waals surface area contributed by atoms with Crippen LogP contribution in [0.5, 0.6) is 0 Å². The van der Waals surface area contributed by atoms with Gasteiger partial charge in [0.2, 0.25) is 11.8 Å². The van der Waals surface area contributed by atoms with Crippen LogP contribution in [0.1, 0.15) is 45.1 Å². The fourth-order valence-electron chi connectivity index (χ4n) is 2.63. The van der Waals surface area contributed by atoms with Crippen LogP contribution in [0.2, 0.25) is 0 Å². The van der Waals surface area contributed by atoms with Crippen LogP contribution >= 0.6 is 11.8 Å². The van der Waals surface area contributed by atoms with Gasteiger partial charge in [-0.25, -0.2) is 4.39 Å². The van der Waals surface area contributed by atoms with Gasteiger partial charge in [-0.1, -0.05) is 32.9 Å². The molecule has 1 aliphatic heterocycles. The van der Waals surface area contributed by atoms with Crippen molar-refractivity contribution in [3.8, 4) is 0 Å². The predicted molar refractivity (Wildman–Crippen MR) is 95.0 cm³/mol. The second-order valence-electron chi connectivity index (χ2n) is 6.47. The molecule has 0 aliphatic carbocycles. The normalized spacial score (nSPS) is 21.8. The fraction of sp³-hybridized carbons (Fsp3) is 0.556. The van der Waals surface area contributed by atoms with Crippen LogP contribution in [0.3, 0.4) is 0 Å². The van der Waals surface area contributed by atoms with Gasteiger partial charge in [-0.3, -0.25) is 9.59 Å². The zero-order valence-corrected chi connectivity index (χ0v) is 15.4. The average Bonchev–Trinajstić information content (AvgIpc) is 2.98.